The van der Waals surface area contributed by atoms with Gasteiger partial charge in [-0.1, -0.05) is 12.1 Å². The number of para-hydroxylation sites is 1. The van der Waals surface area contributed by atoms with E-state index in [9.17, 15) is 5.11 Å². The summed E-state index contributed by atoms with van der Waals surface area (Å²) in [5, 5.41) is 12.9. The highest BCUT2D eigenvalue weighted by atomic mass is 16.5. The molecule has 2 aromatic rings. The lowest BCUT2D eigenvalue weighted by molar-refractivity contribution is 0.118. The zero-order valence-corrected chi connectivity index (χ0v) is 13.1. The Labute approximate surface area is 130 Å². The summed E-state index contributed by atoms with van der Waals surface area (Å²) in [5.41, 5.74) is 1.00. The first-order chi connectivity index (χ1) is 10.7. The van der Waals surface area contributed by atoms with Crippen LogP contribution in [-0.2, 0) is 5.11 Å². The Morgan fingerprint density at radius 2 is 1.50 bits per heavy atom. The lowest BCUT2D eigenvalue weighted by Crippen LogP contribution is -2.04. The van der Waals surface area contributed by atoms with Crippen molar-refractivity contribution in [3.05, 3.63) is 47.5 Å². The van der Waals surface area contributed by atoms with Crippen molar-refractivity contribution in [1.29, 1.82) is 0 Å². The summed E-state index contributed by atoms with van der Waals surface area (Å²) >= 11 is 0. The molecular weight excluding hydrogens is 284 g/mol. The van der Waals surface area contributed by atoms with Crippen LogP contribution in [0.1, 0.15) is 17.2 Å². The maximum atomic E-state index is 12.9. The molecule has 0 saturated heterocycles. The molecule has 0 spiro atoms. The minimum Gasteiger partial charge on any atom is -0.497 e. The number of hydrogen-bond acceptors (Lipinski definition) is 4. The summed E-state index contributed by atoms with van der Waals surface area (Å²) in [6.07, 6.45) is -1.16. The molecule has 1 atom stereocenters. The van der Waals surface area contributed by atoms with Crippen LogP contribution >= 0.6 is 0 Å². The summed E-state index contributed by atoms with van der Waals surface area (Å²) in [5.74, 6) is 2.06. The molecule has 22 heavy (non-hydrogen) atoms. The maximum absolute atomic E-state index is 12.9. The Morgan fingerprint density at radius 3 is 2.09 bits per heavy atom. The van der Waals surface area contributed by atoms with Gasteiger partial charge in [0.2, 0.25) is 0 Å². The molecule has 2 aromatic carbocycles. The molecule has 5 heteroatoms. The smallest absolute Gasteiger partial charge is 0.166 e. The Bertz CT molecular complexity index is 639. The van der Waals surface area contributed by atoms with Crippen molar-refractivity contribution in [2.24, 2.45) is 0 Å². The second kappa shape index (κ2) is 7.04. The van der Waals surface area contributed by atoms with E-state index in [0.29, 0.717) is 34.1 Å². The van der Waals surface area contributed by atoms with Crippen LogP contribution in [0, 0.1) is 0 Å². The third-order valence-corrected chi connectivity index (χ3v) is 3.44. The first-order valence-corrected chi connectivity index (χ1v) is 6.74. The molecule has 0 bridgehead atoms. The summed E-state index contributed by atoms with van der Waals surface area (Å²) < 4.78 is 21.0. The monoisotopic (exact) mass is 303 g/mol. The highest BCUT2D eigenvalue weighted by Crippen LogP contribution is 2.40. The lowest BCUT2D eigenvalue weighted by atomic mass is 9.99. The van der Waals surface area contributed by atoms with Gasteiger partial charge in [-0.3, -0.25) is 0 Å². The second-order valence-corrected chi connectivity index (χ2v) is 4.57. The van der Waals surface area contributed by atoms with Crippen molar-refractivity contribution in [1.82, 2.24) is 0 Å². The number of ether oxygens (including phenoxy) is 4. The molecule has 0 aromatic heterocycles. The summed E-state index contributed by atoms with van der Waals surface area (Å²) in [4.78, 5) is 0. The Kier molecular flexibility index (Phi) is 5.12. The first kappa shape index (κ1) is 16.0. The molecule has 0 N–H and O–H groups in total. The van der Waals surface area contributed by atoms with Gasteiger partial charge < -0.3 is 18.9 Å². The maximum Gasteiger partial charge on any atom is 0.166 e. The molecule has 117 valence electrons. The number of benzene rings is 2. The van der Waals surface area contributed by atoms with E-state index < -0.39 is 6.10 Å². The van der Waals surface area contributed by atoms with Gasteiger partial charge in [0.05, 0.1) is 28.4 Å². The summed E-state index contributed by atoms with van der Waals surface area (Å²) in [6, 6.07) is 10.4. The fraction of sp³-hybridized carbons (Fsp3) is 0.294. The van der Waals surface area contributed by atoms with E-state index in [0.717, 1.165) is 0 Å². The fourth-order valence-electron chi connectivity index (χ4n) is 2.32. The van der Waals surface area contributed by atoms with Crippen molar-refractivity contribution in [3.8, 4) is 23.0 Å². The molecule has 0 fully saturated rings. The van der Waals surface area contributed by atoms with Gasteiger partial charge in [0.1, 0.15) is 11.5 Å². The van der Waals surface area contributed by atoms with E-state index in [2.05, 4.69) is 0 Å². The van der Waals surface area contributed by atoms with Crippen molar-refractivity contribution in [2.45, 2.75) is 6.10 Å². The minimum absolute atomic E-state index is 0.433. The topological polar surface area (TPSA) is 56.8 Å². The van der Waals surface area contributed by atoms with Gasteiger partial charge in [-0.05, 0) is 18.2 Å². The Balaban J connectivity index is 2.50. The van der Waals surface area contributed by atoms with Crippen LogP contribution in [0.25, 0.3) is 0 Å². The van der Waals surface area contributed by atoms with Crippen molar-refractivity contribution in [2.75, 3.05) is 28.4 Å². The van der Waals surface area contributed by atoms with Crippen LogP contribution < -0.4 is 18.9 Å². The van der Waals surface area contributed by atoms with Crippen LogP contribution in [0.3, 0.4) is 0 Å². The van der Waals surface area contributed by atoms with Crippen LogP contribution in [0.15, 0.2) is 36.4 Å². The molecule has 2 rings (SSSR count). The standard InChI is InChI=1S/C17H19O5/c1-19-11-8-9-12(15(10-11)21-3)16(18)13-6-5-7-14(20-2)17(13)22-4/h5-10,16H,1-4H3. The van der Waals surface area contributed by atoms with Crippen LogP contribution in [0.4, 0.5) is 0 Å². The molecule has 1 unspecified atom stereocenters. The van der Waals surface area contributed by atoms with Gasteiger partial charge in [0, 0.05) is 17.2 Å². The van der Waals surface area contributed by atoms with Gasteiger partial charge in [0.15, 0.2) is 17.6 Å². The third-order valence-electron chi connectivity index (χ3n) is 3.44. The molecule has 0 aliphatic heterocycles. The van der Waals surface area contributed by atoms with Crippen molar-refractivity contribution < 1.29 is 24.1 Å². The van der Waals surface area contributed by atoms with Crippen LogP contribution in [-0.4, -0.2) is 28.4 Å². The average Bonchev–Trinajstić information content (AvgIpc) is 2.59. The SMILES string of the molecule is COc1ccc(C([O])c2cccc(OC)c2OC)c(OC)c1. The van der Waals surface area contributed by atoms with Crippen LogP contribution in [0.2, 0.25) is 0 Å². The molecule has 5 nitrogen and oxygen atoms in total. The number of rotatable bonds is 6. The first-order valence-electron chi connectivity index (χ1n) is 6.74. The van der Waals surface area contributed by atoms with E-state index in [1.165, 1.54) is 21.3 Å². The normalized spacial score (nSPS) is 11.7. The minimum atomic E-state index is -1.16. The van der Waals surface area contributed by atoms with Gasteiger partial charge >= 0.3 is 0 Å². The molecule has 0 amide bonds. The van der Waals surface area contributed by atoms with Gasteiger partial charge in [0.25, 0.3) is 0 Å². The van der Waals surface area contributed by atoms with E-state index in [4.69, 9.17) is 18.9 Å². The van der Waals surface area contributed by atoms with E-state index >= 15 is 0 Å². The predicted octanol–water partition coefficient (Wildman–Crippen LogP) is 3.24. The molecule has 1 radical (unpaired) electrons. The third kappa shape index (κ3) is 2.94. The highest BCUT2D eigenvalue weighted by molar-refractivity contribution is 5.52. The van der Waals surface area contributed by atoms with Crippen molar-refractivity contribution in [3.63, 3.8) is 0 Å². The van der Waals surface area contributed by atoms with Gasteiger partial charge in [-0.25, -0.2) is 5.11 Å². The Hall–Kier alpha value is -2.40. The van der Waals surface area contributed by atoms with Gasteiger partial charge in [-0.2, -0.15) is 0 Å². The molecule has 0 saturated carbocycles. The van der Waals surface area contributed by atoms with Gasteiger partial charge in [-0.15, -0.1) is 0 Å². The largest absolute Gasteiger partial charge is 0.497 e. The zero-order chi connectivity index (χ0) is 16.1. The van der Waals surface area contributed by atoms with E-state index in [-0.39, 0.29) is 0 Å². The van der Waals surface area contributed by atoms with E-state index in [1.807, 2.05) is 0 Å². The van der Waals surface area contributed by atoms with Crippen LogP contribution in [0.5, 0.6) is 23.0 Å². The number of hydrogen-bond donors (Lipinski definition) is 0. The highest BCUT2D eigenvalue weighted by Gasteiger charge is 2.23. The average molecular weight is 303 g/mol. The quantitative estimate of drug-likeness (QED) is 0.822. The molecular formula is C17H19O5. The Morgan fingerprint density at radius 1 is 0.773 bits per heavy atom. The van der Waals surface area contributed by atoms with Crippen molar-refractivity contribution >= 4 is 0 Å². The molecule has 0 heterocycles. The number of methoxy groups -OCH3 is 4. The molecule has 0 aliphatic rings. The summed E-state index contributed by atoms with van der Waals surface area (Å²) in [7, 11) is 6.14. The zero-order valence-electron chi connectivity index (χ0n) is 13.1. The lowest BCUT2D eigenvalue weighted by Gasteiger charge is -2.18. The van der Waals surface area contributed by atoms with E-state index in [1.54, 1.807) is 43.5 Å². The second-order valence-electron chi connectivity index (χ2n) is 4.57. The fourth-order valence-corrected chi connectivity index (χ4v) is 2.32. The predicted molar refractivity (Wildman–Crippen MR) is 81.6 cm³/mol. The molecule has 0 aliphatic carbocycles. The summed E-state index contributed by atoms with van der Waals surface area (Å²) in [6.45, 7) is 0.